The van der Waals surface area contributed by atoms with E-state index in [2.05, 4.69) is 0 Å². The number of non-ortho nitro benzene ring substituents is 1. The van der Waals surface area contributed by atoms with Crippen molar-refractivity contribution in [3.8, 4) is 0 Å². The third-order valence-electron chi connectivity index (χ3n) is 4.34. The minimum atomic E-state index is -0.744. The number of nitro benzene ring substituents is 1. The van der Waals surface area contributed by atoms with Gasteiger partial charge in [-0.15, -0.1) is 0 Å². The Morgan fingerprint density at radius 2 is 2.00 bits per heavy atom. The smallest absolute Gasteiger partial charge is 0.405 e. The van der Waals surface area contributed by atoms with Crippen LogP contribution in [-0.4, -0.2) is 16.6 Å². The van der Waals surface area contributed by atoms with Gasteiger partial charge in [0.25, 0.3) is 5.69 Å². The van der Waals surface area contributed by atoms with Crippen LogP contribution in [0.2, 0.25) is 0 Å². The number of primary amides is 1. The number of aryl methyl sites for hydroxylation is 1. The molecule has 1 aromatic carbocycles. The summed E-state index contributed by atoms with van der Waals surface area (Å²) in [5.74, 6) is 0.808. The van der Waals surface area contributed by atoms with E-state index in [0.717, 1.165) is 31.2 Å². The molecule has 0 radical (unpaired) electrons. The molecule has 1 aliphatic rings. The van der Waals surface area contributed by atoms with Gasteiger partial charge in [0.2, 0.25) is 0 Å². The van der Waals surface area contributed by atoms with Crippen LogP contribution >= 0.6 is 0 Å². The Hall–Kier alpha value is -2.11. The van der Waals surface area contributed by atoms with E-state index in [9.17, 15) is 14.9 Å². The summed E-state index contributed by atoms with van der Waals surface area (Å²) in [6, 6.07) is 6.60. The number of nitrogens with zero attached hydrogens (tertiary/aromatic N) is 1. The molecule has 2 N–H and O–H groups in total. The standard InChI is InChI=1S/C16H22N2O4/c1-16(2,22-15(17)19)14(12-6-7-12)10-5-11-3-8-13(9-4-11)18(20)21/h3-4,8-9,12,14H,5-7,10H2,1-2H3,(H2,17,19). The summed E-state index contributed by atoms with van der Waals surface area (Å²) in [6.45, 7) is 3.80. The second-order valence-electron chi connectivity index (χ2n) is 6.43. The SMILES string of the molecule is CC(C)(OC(N)=O)C(CCc1ccc([N+](=O)[O-])cc1)C1CC1. The molecule has 6 nitrogen and oxygen atoms in total. The first-order valence-electron chi connectivity index (χ1n) is 7.51. The van der Waals surface area contributed by atoms with Crippen molar-refractivity contribution in [1.29, 1.82) is 0 Å². The van der Waals surface area contributed by atoms with Crippen molar-refractivity contribution >= 4 is 11.8 Å². The second kappa shape index (κ2) is 6.34. The van der Waals surface area contributed by atoms with Gasteiger partial charge in [-0.25, -0.2) is 4.79 Å². The molecule has 1 aliphatic carbocycles. The molecule has 2 rings (SSSR count). The minimum Gasteiger partial charge on any atom is -0.443 e. The maximum absolute atomic E-state index is 11.1. The molecule has 0 heterocycles. The maximum atomic E-state index is 11.1. The van der Waals surface area contributed by atoms with Crippen molar-refractivity contribution in [2.75, 3.05) is 0 Å². The van der Waals surface area contributed by atoms with Gasteiger partial charge >= 0.3 is 6.09 Å². The molecule has 1 aromatic rings. The monoisotopic (exact) mass is 306 g/mol. The van der Waals surface area contributed by atoms with Crippen molar-refractivity contribution in [3.63, 3.8) is 0 Å². The van der Waals surface area contributed by atoms with E-state index in [1.54, 1.807) is 12.1 Å². The lowest BCUT2D eigenvalue weighted by atomic mass is 9.82. The summed E-state index contributed by atoms with van der Waals surface area (Å²) in [7, 11) is 0. The maximum Gasteiger partial charge on any atom is 0.405 e. The summed E-state index contributed by atoms with van der Waals surface area (Å²) in [5.41, 5.74) is 5.72. The summed E-state index contributed by atoms with van der Waals surface area (Å²) in [4.78, 5) is 21.3. The lowest BCUT2D eigenvalue weighted by Gasteiger charge is -2.33. The molecule has 0 aliphatic heterocycles. The highest BCUT2D eigenvalue weighted by Gasteiger charge is 2.42. The zero-order chi connectivity index (χ0) is 16.3. The molecule has 1 amide bonds. The summed E-state index contributed by atoms with van der Waals surface area (Å²) < 4.78 is 5.29. The van der Waals surface area contributed by atoms with Crippen molar-refractivity contribution in [2.24, 2.45) is 17.6 Å². The van der Waals surface area contributed by atoms with E-state index in [0.29, 0.717) is 5.92 Å². The number of benzene rings is 1. The molecular weight excluding hydrogens is 284 g/mol. The highest BCUT2D eigenvalue weighted by atomic mass is 16.6. The van der Waals surface area contributed by atoms with Gasteiger partial charge in [0.1, 0.15) is 5.60 Å². The molecule has 1 atom stereocenters. The number of hydrogen-bond acceptors (Lipinski definition) is 4. The quantitative estimate of drug-likeness (QED) is 0.616. The molecule has 0 aromatic heterocycles. The first-order valence-corrected chi connectivity index (χ1v) is 7.51. The van der Waals surface area contributed by atoms with Crippen molar-refractivity contribution in [3.05, 3.63) is 39.9 Å². The van der Waals surface area contributed by atoms with Crippen molar-refractivity contribution < 1.29 is 14.5 Å². The van der Waals surface area contributed by atoms with Crippen LogP contribution in [0.4, 0.5) is 10.5 Å². The minimum absolute atomic E-state index is 0.0971. The number of carbonyl (C=O) groups excluding carboxylic acids is 1. The van der Waals surface area contributed by atoms with Crippen LogP contribution in [0.15, 0.2) is 24.3 Å². The number of amides is 1. The second-order valence-corrected chi connectivity index (χ2v) is 6.43. The number of ether oxygens (including phenoxy) is 1. The van der Waals surface area contributed by atoms with Crippen LogP contribution in [0.25, 0.3) is 0 Å². The number of nitrogens with two attached hydrogens (primary N) is 1. The van der Waals surface area contributed by atoms with Gasteiger partial charge in [-0.05, 0) is 51.0 Å². The summed E-state index contributed by atoms with van der Waals surface area (Å²) >= 11 is 0. The molecule has 22 heavy (non-hydrogen) atoms. The van der Waals surface area contributed by atoms with E-state index in [4.69, 9.17) is 10.5 Å². The van der Waals surface area contributed by atoms with E-state index in [1.165, 1.54) is 12.1 Å². The fourth-order valence-corrected chi connectivity index (χ4v) is 3.09. The Morgan fingerprint density at radius 1 is 1.41 bits per heavy atom. The summed E-state index contributed by atoms with van der Waals surface area (Å²) in [5, 5.41) is 10.7. The number of nitro groups is 1. The van der Waals surface area contributed by atoms with Gasteiger partial charge in [0, 0.05) is 18.1 Å². The van der Waals surface area contributed by atoms with Crippen LogP contribution < -0.4 is 5.73 Å². The Kier molecular flexibility index (Phi) is 4.68. The zero-order valence-corrected chi connectivity index (χ0v) is 13.0. The van der Waals surface area contributed by atoms with Gasteiger partial charge < -0.3 is 10.5 Å². The zero-order valence-electron chi connectivity index (χ0n) is 13.0. The third kappa shape index (κ3) is 4.19. The lowest BCUT2D eigenvalue weighted by Crippen LogP contribution is -2.40. The summed E-state index contributed by atoms with van der Waals surface area (Å²) in [6.07, 6.45) is 3.21. The first kappa shape index (κ1) is 16.3. The predicted molar refractivity (Wildman–Crippen MR) is 82.4 cm³/mol. The number of carbonyl (C=O) groups is 1. The molecule has 6 heteroatoms. The third-order valence-corrected chi connectivity index (χ3v) is 4.34. The van der Waals surface area contributed by atoms with Crippen molar-refractivity contribution in [2.45, 2.75) is 45.1 Å². The Morgan fingerprint density at radius 3 is 2.45 bits per heavy atom. The molecule has 0 saturated heterocycles. The lowest BCUT2D eigenvalue weighted by molar-refractivity contribution is -0.384. The van der Waals surface area contributed by atoms with E-state index < -0.39 is 16.6 Å². The average molecular weight is 306 g/mol. The first-order chi connectivity index (χ1) is 10.3. The Balaban J connectivity index is 2.00. The van der Waals surface area contributed by atoms with E-state index in [1.807, 2.05) is 13.8 Å². The molecule has 120 valence electrons. The van der Waals surface area contributed by atoms with Crippen LogP contribution in [0.5, 0.6) is 0 Å². The highest BCUT2D eigenvalue weighted by molar-refractivity contribution is 5.65. The average Bonchev–Trinajstić information content (AvgIpc) is 3.22. The topological polar surface area (TPSA) is 95.5 Å². The molecular formula is C16H22N2O4. The fraction of sp³-hybridized carbons (Fsp3) is 0.562. The van der Waals surface area contributed by atoms with E-state index in [-0.39, 0.29) is 11.6 Å². The van der Waals surface area contributed by atoms with Crippen LogP contribution in [0.1, 0.15) is 38.7 Å². The molecule has 1 unspecified atom stereocenters. The highest BCUT2D eigenvalue weighted by Crippen LogP contribution is 2.45. The van der Waals surface area contributed by atoms with Crippen molar-refractivity contribution in [1.82, 2.24) is 0 Å². The Bertz CT molecular complexity index is 550. The molecule has 0 spiro atoms. The largest absolute Gasteiger partial charge is 0.443 e. The van der Waals surface area contributed by atoms with Gasteiger partial charge in [-0.2, -0.15) is 0 Å². The Labute approximate surface area is 129 Å². The fourth-order valence-electron chi connectivity index (χ4n) is 3.09. The van der Waals surface area contributed by atoms with E-state index >= 15 is 0 Å². The molecule has 0 bridgehead atoms. The van der Waals surface area contributed by atoms with Gasteiger partial charge in [-0.1, -0.05) is 12.1 Å². The molecule has 1 fully saturated rings. The van der Waals surface area contributed by atoms with Gasteiger partial charge in [0.05, 0.1) is 4.92 Å². The van der Waals surface area contributed by atoms with Gasteiger partial charge in [-0.3, -0.25) is 10.1 Å². The van der Waals surface area contributed by atoms with Gasteiger partial charge in [0.15, 0.2) is 0 Å². The number of hydrogen-bond donors (Lipinski definition) is 1. The molecule has 1 saturated carbocycles. The van der Waals surface area contributed by atoms with Crippen LogP contribution in [-0.2, 0) is 11.2 Å². The normalized spacial score (nSPS) is 16.1. The predicted octanol–water partition coefficient (Wildman–Crippen LogP) is 3.43. The van der Waals surface area contributed by atoms with Crippen LogP contribution in [0.3, 0.4) is 0 Å². The number of rotatable bonds is 7. The van der Waals surface area contributed by atoms with Crippen LogP contribution in [0, 0.1) is 22.0 Å².